The first-order valence-corrected chi connectivity index (χ1v) is 27.3. The molecule has 0 saturated carbocycles. The summed E-state index contributed by atoms with van der Waals surface area (Å²) in [6.45, 7) is 0. The van der Waals surface area contributed by atoms with Gasteiger partial charge in [-0.3, -0.25) is 11.8 Å². The normalized spacial score (nSPS) is 10.7. The fourth-order valence-electron chi connectivity index (χ4n) is 10.2. The summed E-state index contributed by atoms with van der Waals surface area (Å²) in [6.07, 6.45) is 15.1. The van der Waals surface area contributed by atoms with Crippen molar-refractivity contribution in [1.82, 2.24) is 0 Å². The van der Waals surface area contributed by atoms with Crippen LogP contribution in [0.25, 0.3) is 64.6 Å². The van der Waals surface area contributed by atoms with Gasteiger partial charge in [0.15, 0.2) is 0 Å². The van der Waals surface area contributed by atoms with Gasteiger partial charge in [0.1, 0.15) is 47.7 Å². The van der Waals surface area contributed by atoms with E-state index in [1.165, 1.54) is 85.7 Å². The van der Waals surface area contributed by atoms with E-state index in [9.17, 15) is 0 Å². The van der Waals surface area contributed by atoms with E-state index in [4.69, 9.17) is 12.8 Å². The van der Waals surface area contributed by atoms with Gasteiger partial charge in [-0.25, -0.2) is 0 Å². The minimum Gasteiger partial charge on any atom is -0.366 e. The number of fused-ring (bicyclic) bond motifs is 10. The Balaban J connectivity index is 0.000000140. The SMILES string of the molecule is [Ag+].[Ag+].[C-]#Cc1cc2c3ccccc3ccc2c2ccccc12.[C-]#Cc1cc2c3ccccc3ccc2c2ccccc12.c1ccc([PH+](c2ccccc2)c2ccccc2[PH+](c2ccccc2)c2ccccc2)cc1. The zero-order valence-electron chi connectivity index (χ0n) is 40.2. The molecule has 0 aliphatic carbocycles. The zero-order chi connectivity index (χ0) is 48.6. The van der Waals surface area contributed by atoms with Crippen molar-refractivity contribution in [3.63, 3.8) is 0 Å². The van der Waals surface area contributed by atoms with E-state index in [-0.39, 0.29) is 44.8 Å². The van der Waals surface area contributed by atoms with Crippen LogP contribution >= 0.6 is 15.8 Å². The molecule has 13 rings (SSSR count). The van der Waals surface area contributed by atoms with Crippen molar-refractivity contribution in [2.45, 2.75) is 0 Å². The Morgan fingerprint density at radius 3 is 0.811 bits per heavy atom. The smallest absolute Gasteiger partial charge is 0.366 e. The summed E-state index contributed by atoms with van der Waals surface area (Å²) in [4.78, 5) is 0. The van der Waals surface area contributed by atoms with Crippen LogP contribution in [0.3, 0.4) is 0 Å². The molecule has 0 amide bonds. The van der Waals surface area contributed by atoms with E-state index in [0.717, 1.165) is 21.9 Å². The molecule has 0 fully saturated rings. The van der Waals surface area contributed by atoms with E-state index in [1.807, 2.05) is 24.3 Å². The first kappa shape index (κ1) is 51.8. The molecule has 0 bridgehead atoms. The molecule has 0 atom stereocenters. The second-order valence-corrected chi connectivity index (χ2v) is 22.6. The summed E-state index contributed by atoms with van der Waals surface area (Å²) >= 11 is 0. The van der Waals surface area contributed by atoms with E-state index in [0.29, 0.717) is 0 Å². The van der Waals surface area contributed by atoms with Crippen LogP contribution < -0.4 is 31.8 Å². The minimum absolute atomic E-state index is 0. The van der Waals surface area contributed by atoms with Gasteiger partial charge in [0.05, 0.1) is 0 Å². The number of hydrogen-bond donors (Lipinski definition) is 0. The molecule has 0 nitrogen and oxygen atoms in total. The van der Waals surface area contributed by atoms with Crippen molar-refractivity contribution in [2.75, 3.05) is 0 Å². The third-order valence-corrected chi connectivity index (χ3v) is 19.4. The van der Waals surface area contributed by atoms with E-state index < -0.39 is 15.8 Å². The van der Waals surface area contributed by atoms with Crippen LogP contribution in [0.15, 0.2) is 279 Å². The van der Waals surface area contributed by atoms with Crippen LogP contribution in [0.2, 0.25) is 0 Å². The molecule has 358 valence electrons. The van der Waals surface area contributed by atoms with Crippen molar-refractivity contribution < 1.29 is 44.8 Å². The van der Waals surface area contributed by atoms with Crippen molar-refractivity contribution in [3.05, 3.63) is 303 Å². The van der Waals surface area contributed by atoms with Crippen molar-refractivity contribution in [3.8, 4) is 11.8 Å². The molecule has 4 heteroatoms. The second kappa shape index (κ2) is 24.3. The molecule has 0 aliphatic heterocycles. The summed E-state index contributed by atoms with van der Waals surface area (Å²) in [7, 11) is -2.28. The molecule has 0 aliphatic rings. The molecule has 13 aromatic rings. The van der Waals surface area contributed by atoms with Gasteiger partial charge in [-0.1, -0.05) is 217 Å². The van der Waals surface area contributed by atoms with E-state index in [2.05, 4.69) is 267 Å². The van der Waals surface area contributed by atoms with Crippen LogP contribution in [0.4, 0.5) is 0 Å². The largest absolute Gasteiger partial charge is 1.00 e. The summed E-state index contributed by atoms with van der Waals surface area (Å²) in [5.74, 6) is 5.15. The summed E-state index contributed by atoms with van der Waals surface area (Å²) < 4.78 is 0. The monoisotopic (exact) mass is 1160 g/mol. The van der Waals surface area contributed by atoms with Crippen LogP contribution in [-0.2, 0) is 44.8 Å². The van der Waals surface area contributed by atoms with Gasteiger partial charge in [0, 0.05) is 0 Å². The third kappa shape index (κ3) is 10.6. The van der Waals surface area contributed by atoms with Gasteiger partial charge in [-0.05, 0) is 115 Å². The van der Waals surface area contributed by atoms with Gasteiger partial charge in [0.2, 0.25) is 0 Å². The van der Waals surface area contributed by atoms with Crippen LogP contribution in [0.1, 0.15) is 11.1 Å². The van der Waals surface area contributed by atoms with Gasteiger partial charge < -0.3 is 12.8 Å². The van der Waals surface area contributed by atoms with Gasteiger partial charge >= 0.3 is 44.8 Å². The quantitative estimate of drug-likeness (QED) is 0.0512. The fourth-order valence-corrected chi connectivity index (χ4v) is 16.2. The molecule has 0 radical (unpaired) electrons. The molecule has 13 aromatic carbocycles. The van der Waals surface area contributed by atoms with Crippen LogP contribution in [0, 0.1) is 24.7 Å². The summed E-state index contributed by atoms with van der Waals surface area (Å²) in [5.41, 5.74) is 1.70. The van der Waals surface area contributed by atoms with Crippen molar-refractivity contribution in [1.29, 1.82) is 0 Å². The molecule has 0 N–H and O–H groups in total. The predicted octanol–water partition coefficient (Wildman–Crippen LogP) is 14.8. The Morgan fingerprint density at radius 2 is 0.486 bits per heavy atom. The Bertz CT molecular complexity index is 3780. The van der Waals surface area contributed by atoms with Crippen molar-refractivity contribution >= 4 is 112 Å². The van der Waals surface area contributed by atoms with Gasteiger partial charge in [0.25, 0.3) is 0 Å². The molecular weight excluding hydrogens is 1120 g/mol. The second-order valence-electron chi connectivity index (χ2n) is 17.7. The summed E-state index contributed by atoms with van der Waals surface area (Å²) in [6, 6.07) is 99.5. The molecular formula is C70H48Ag2P2+2. The number of benzene rings is 13. The zero-order valence-corrected chi connectivity index (χ0v) is 45.1. The molecule has 0 aromatic heterocycles. The van der Waals surface area contributed by atoms with Gasteiger partial charge in [-0.15, -0.1) is 23.3 Å². The maximum Gasteiger partial charge on any atom is 1.00 e. The average Bonchev–Trinajstić information content (AvgIpc) is 3.47. The Hall–Kier alpha value is -7.12. The number of rotatable bonds is 6. The standard InChI is InChI=1S/C30H24P2.2C20H11.2Ag/c1-5-15-25(16-6-1)31(26-17-7-2-8-18-26)29-23-13-14-24-30(29)32(27-19-9-3-10-20-27)28-21-11-4-12-22-28;2*1-2-14-13-20-17-9-4-3-7-15(17)11-12-19(20)18-10-6-5-8-16(14)18;;/h1-24H;2*3-13H;;/q;2*-1;2*+1/p+2. The Labute approximate surface area is 468 Å². The molecule has 0 heterocycles. The maximum absolute atomic E-state index is 7.56. The third-order valence-electron chi connectivity index (χ3n) is 13.5. The van der Waals surface area contributed by atoms with Gasteiger partial charge in [-0.2, -0.15) is 0 Å². The first-order chi connectivity index (χ1) is 35.7. The Morgan fingerprint density at radius 1 is 0.230 bits per heavy atom. The maximum atomic E-state index is 7.56. The molecule has 0 unspecified atom stereocenters. The topological polar surface area (TPSA) is 0 Å². The molecule has 0 spiro atoms. The summed E-state index contributed by atoms with van der Waals surface area (Å²) in [5, 5.41) is 23.0. The van der Waals surface area contributed by atoms with Crippen LogP contribution in [0.5, 0.6) is 0 Å². The molecule has 0 saturated heterocycles. The average molecular weight is 1170 g/mol. The molecule has 74 heavy (non-hydrogen) atoms. The van der Waals surface area contributed by atoms with Crippen LogP contribution in [-0.4, -0.2) is 0 Å². The fraction of sp³-hybridized carbons (Fsp3) is 0. The minimum atomic E-state index is -1.14. The van der Waals surface area contributed by atoms with E-state index in [1.54, 1.807) is 0 Å². The first-order valence-electron chi connectivity index (χ1n) is 24.3. The predicted molar refractivity (Wildman–Crippen MR) is 317 cm³/mol. The number of hydrogen-bond acceptors (Lipinski definition) is 0. The van der Waals surface area contributed by atoms with Crippen molar-refractivity contribution in [2.24, 2.45) is 0 Å². The van der Waals surface area contributed by atoms with E-state index >= 15 is 0 Å². The Kier molecular flexibility index (Phi) is 17.0.